The summed E-state index contributed by atoms with van der Waals surface area (Å²) < 4.78 is 2.32. The van der Waals surface area contributed by atoms with Gasteiger partial charge in [0.1, 0.15) is 5.65 Å². The van der Waals surface area contributed by atoms with Gasteiger partial charge in [-0.3, -0.25) is 4.40 Å². The van der Waals surface area contributed by atoms with Crippen LogP contribution in [0.25, 0.3) is 60.1 Å². The van der Waals surface area contributed by atoms with Crippen LogP contribution in [0.5, 0.6) is 0 Å². The van der Waals surface area contributed by atoms with Crippen molar-refractivity contribution in [3.63, 3.8) is 0 Å². The molecule has 156 valence electrons. The van der Waals surface area contributed by atoms with Crippen LogP contribution >= 0.6 is 0 Å². The fourth-order valence-corrected chi connectivity index (χ4v) is 5.47. The number of fused-ring (bicyclic) bond motifs is 9. The standard InChI is InChI=1S/C31H22N2/c1-19-8-7-9-20(2)29(19)28-18-33-30-25(24-12-5-6-13-26(24)31(33)32-28)15-14-23-16-21-10-3-4-11-22(21)17-27(23)30/h3-18H,1-2H3. The third-order valence-corrected chi connectivity index (χ3v) is 7.00. The Bertz CT molecular complexity index is 1870. The third-order valence-electron chi connectivity index (χ3n) is 7.00. The van der Waals surface area contributed by atoms with Crippen molar-refractivity contribution in [3.05, 3.63) is 108 Å². The first-order valence-electron chi connectivity index (χ1n) is 11.4. The number of benzene rings is 5. The van der Waals surface area contributed by atoms with E-state index in [0.29, 0.717) is 0 Å². The van der Waals surface area contributed by atoms with Gasteiger partial charge in [-0.05, 0) is 58.7 Å². The van der Waals surface area contributed by atoms with Crippen LogP contribution in [0, 0.1) is 13.8 Å². The molecule has 7 rings (SSSR count). The number of pyridine rings is 1. The number of hydrogen-bond donors (Lipinski definition) is 0. The molecule has 0 amide bonds. The molecule has 2 nitrogen and oxygen atoms in total. The van der Waals surface area contributed by atoms with E-state index in [4.69, 9.17) is 4.98 Å². The Hall–Kier alpha value is -4.17. The van der Waals surface area contributed by atoms with Crippen molar-refractivity contribution >= 4 is 48.9 Å². The summed E-state index contributed by atoms with van der Waals surface area (Å²) >= 11 is 0. The maximum absolute atomic E-state index is 5.22. The first-order valence-corrected chi connectivity index (χ1v) is 11.4. The quantitative estimate of drug-likeness (QED) is 0.192. The predicted octanol–water partition coefficient (Wildman–Crippen LogP) is 8.23. The van der Waals surface area contributed by atoms with Gasteiger partial charge < -0.3 is 0 Å². The summed E-state index contributed by atoms with van der Waals surface area (Å²) in [6.07, 6.45) is 2.23. The zero-order valence-corrected chi connectivity index (χ0v) is 18.6. The van der Waals surface area contributed by atoms with Gasteiger partial charge in [-0.2, -0.15) is 0 Å². The van der Waals surface area contributed by atoms with Crippen LogP contribution in [0.2, 0.25) is 0 Å². The topological polar surface area (TPSA) is 17.3 Å². The first kappa shape index (κ1) is 18.4. The van der Waals surface area contributed by atoms with E-state index in [-0.39, 0.29) is 0 Å². The highest BCUT2D eigenvalue weighted by Crippen LogP contribution is 2.37. The fourth-order valence-electron chi connectivity index (χ4n) is 5.47. The summed E-state index contributed by atoms with van der Waals surface area (Å²) in [4.78, 5) is 5.22. The van der Waals surface area contributed by atoms with Gasteiger partial charge in [-0.1, -0.05) is 78.9 Å². The summed E-state index contributed by atoms with van der Waals surface area (Å²) in [5.41, 5.74) is 6.99. The zero-order chi connectivity index (χ0) is 22.1. The van der Waals surface area contributed by atoms with Crippen molar-refractivity contribution in [1.82, 2.24) is 9.38 Å². The smallest absolute Gasteiger partial charge is 0.145 e. The SMILES string of the molecule is Cc1cccc(C)c1-c1cn2c(n1)c1ccccc1c1ccc3cc4ccccc4cc3c12. The number of aryl methyl sites for hydroxylation is 2. The van der Waals surface area contributed by atoms with Crippen molar-refractivity contribution in [2.24, 2.45) is 0 Å². The van der Waals surface area contributed by atoms with Crippen LogP contribution in [0.3, 0.4) is 0 Å². The van der Waals surface area contributed by atoms with Crippen molar-refractivity contribution in [2.75, 3.05) is 0 Å². The van der Waals surface area contributed by atoms with Crippen LogP contribution in [-0.2, 0) is 0 Å². The van der Waals surface area contributed by atoms with Gasteiger partial charge in [0.05, 0.1) is 11.2 Å². The highest BCUT2D eigenvalue weighted by atomic mass is 15.0. The maximum Gasteiger partial charge on any atom is 0.145 e. The Morgan fingerprint density at radius 1 is 0.576 bits per heavy atom. The van der Waals surface area contributed by atoms with Crippen LogP contribution in [0.4, 0.5) is 0 Å². The molecule has 0 radical (unpaired) electrons. The summed E-state index contributed by atoms with van der Waals surface area (Å²) in [6, 6.07) is 32.9. The number of hydrogen-bond acceptors (Lipinski definition) is 1. The molecule has 2 heteroatoms. The molecule has 0 unspecified atom stereocenters. The number of imidazole rings is 1. The van der Waals surface area contributed by atoms with Gasteiger partial charge in [0, 0.05) is 27.9 Å². The maximum atomic E-state index is 5.22. The van der Waals surface area contributed by atoms with Crippen LogP contribution in [0.1, 0.15) is 11.1 Å². The minimum Gasteiger partial charge on any atom is -0.298 e. The van der Waals surface area contributed by atoms with Crippen LogP contribution in [0.15, 0.2) is 97.2 Å². The Morgan fingerprint density at radius 3 is 2.06 bits per heavy atom. The summed E-state index contributed by atoms with van der Waals surface area (Å²) in [6.45, 7) is 4.34. The van der Waals surface area contributed by atoms with Gasteiger partial charge in [-0.25, -0.2) is 4.98 Å². The molecule has 2 heterocycles. The van der Waals surface area contributed by atoms with E-state index >= 15 is 0 Å². The zero-order valence-electron chi connectivity index (χ0n) is 18.6. The molecule has 0 bridgehead atoms. The van der Waals surface area contributed by atoms with E-state index in [9.17, 15) is 0 Å². The molecule has 2 aromatic heterocycles. The molecule has 0 aliphatic carbocycles. The Morgan fingerprint density at radius 2 is 1.27 bits per heavy atom. The number of nitrogens with zero attached hydrogens (tertiary/aromatic N) is 2. The fraction of sp³-hybridized carbons (Fsp3) is 0.0645. The van der Waals surface area contributed by atoms with E-state index in [1.165, 1.54) is 59.9 Å². The average molecular weight is 423 g/mol. The van der Waals surface area contributed by atoms with E-state index < -0.39 is 0 Å². The Labute approximate surface area is 191 Å². The molecule has 0 aliphatic heterocycles. The molecular weight excluding hydrogens is 400 g/mol. The van der Waals surface area contributed by atoms with Crippen molar-refractivity contribution in [1.29, 1.82) is 0 Å². The highest BCUT2D eigenvalue weighted by molar-refractivity contribution is 6.20. The van der Waals surface area contributed by atoms with Crippen LogP contribution in [-0.4, -0.2) is 9.38 Å². The second kappa shape index (κ2) is 6.66. The van der Waals surface area contributed by atoms with E-state index in [2.05, 4.69) is 115 Å². The molecule has 0 atom stereocenters. The predicted molar refractivity (Wildman–Crippen MR) is 140 cm³/mol. The molecule has 0 N–H and O–H groups in total. The lowest BCUT2D eigenvalue weighted by molar-refractivity contribution is 1.28. The average Bonchev–Trinajstić information content (AvgIpc) is 3.27. The first-order chi connectivity index (χ1) is 16.2. The minimum absolute atomic E-state index is 1.01. The molecule has 0 saturated carbocycles. The molecule has 0 spiro atoms. The highest BCUT2D eigenvalue weighted by Gasteiger charge is 2.16. The summed E-state index contributed by atoms with van der Waals surface area (Å²) in [7, 11) is 0. The van der Waals surface area contributed by atoms with Crippen molar-refractivity contribution in [2.45, 2.75) is 13.8 Å². The lowest BCUT2D eigenvalue weighted by atomic mass is 9.98. The van der Waals surface area contributed by atoms with Crippen LogP contribution < -0.4 is 0 Å². The lowest BCUT2D eigenvalue weighted by Crippen LogP contribution is -1.92. The molecule has 0 saturated heterocycles. The second-order valence-electron chi connectivity index (χ2n) is 9.01. The monoisotopic (exact) mass is 422 g/mol. The lowest BCUT2D eigenvalue weighted by Gasteiger charge is -2.12. The van der Waals surface area contributed by atoms with Gasteiger partial charge >= 0.3 is 0 Å². The number of aromatic nitrogens is 2. The Balaban J connectivity index is 1.72. The molecule has 5 aromatic carbocycles. The number of rotatable bonds is 1. The second-order valence-corrected chi connectivity index (χ2v) is 9.01. The normalized spacial score (nSPS) is 11.9. The van der Waals surface area contributed by atoms with Crippen molar-refractivity contribution < 1.29 is 0 Å². The van der Waals surface area contributed by atoms with Gasteiger partial charge in [-0.15, -0.1) is 0 Å². The Kier molecular flexibility index (Phi) is 3.72. The van der Waals surface area contributed by atoms with Gasteiger partial charge in [0.25, 0.3) is 0 Å². The van der Waals surface area contributed by atoms with E-state index in [0.717, 1.165) is 11.3 Å². The van der Waals surface area contributed by atoms with Gasteiger partial charge in [0.2, 0.25) is 0 Å². The molecule has 7 aromatic rings. The third kappa shape index (κ3) is 2.58. The molecular formula is C31H22N2. The molecule has 33 heavy (non-hydrogen) atoms. The van der Waals surface area contributed by atoms with Crippen molar-refractivity contribution in [3.8, 4) is 11.3 Å². The molecule has 0 aliphatic rings. The largest absolute Gasteiger partial charge is 0.298 e. The summed E-state index contributed by atoms with van der Waals surface area (Å²) in [5, 5.41) is 8.72. The summed E-state index contributed by atoms with van der Waals surface area (Å²) in [5.74, 6) is 0. The van der Waals surface area contributed by atoms with E-state index in [1.54, 1.807) is 0 Å². The minimum atomic E-state index is 1.01. The van der Waals surface area contributed by atoms with Gasteiger partial charge in [0.15, 0.2) is 0 Å². The van der Waals surface area contributed by atoms with E-state index in [1.807, 2.05) is 0 Å². The molecule has 0 fully saturated rings.